The summed E-state index contributed by atoms with van der Waals surface area (Å²) >= 11 is 3.19. The maximum absolute atomic E-state index is 13.8. The first-order valence-corrected chi connectivity index (χ1v) is 7.77. The minimum Gasteiger partial charge on any atom is -0.493 e. The molecular weight excluding hydrogens is 379 g/mol. The number of ether oxygens (including phenoxy) is 3. The molecule has 0 fully saturated rings. The lowest BCUT2D eigenvalue weighted by molar-refractivity contribution is 0.104. The van der Waals surface area contributed by atoms with E-state index in [-0.39, 0.29) is 5.78 Å². The lowest BCUT2D eigenvalue weighted by atomic mass is 10.1. The topological polar surface area (TPSA) is 44.8 Å². The number of rotatable bonds is 6. The maximum atomic E-state index is 13.8. The minimum absolute atomic E-state index is 0.309. The Morgan fingerprint density at radius 1 is 1.04 bits per heavy atom. The Kier molecular flexibility index (Phi) is 5.98. The van der Waals surface area contributed by atoms with Gasteiger partial charge in [0.25, 0.3) is 0 Å². The summed E-state index contributed by atoms with van der Waals surface area (Å²) in [4.78, 5) is 12.4. The van der Waals surface area contributed by atoms with E-state index in [2.05, 4.69) is 15.9 Å². The number of hydrogen-bond donors (Lipinski definition) is 0. The second-order valence-corrected chi connectivity index (χ2v) is 5.69. The van der Waals surface area contributed by atoms with E-state index in [0.29, 0.717) is 32.8 Å². The molecule has 0 saturated carbocycles. The van der Waals surface area contributed by atoms with Crippen molar-refractivity contribution >= 4 is 27.8 Å². The van der Waals surface area contributed by atoms with Crippen molar-refractivity contribution in [3.63, 3.8) is 0 Å². The molecule has 0 N–H and O–H groups in total. The number of methoxy groups -OCH3 is 3. The molecular formula is C18H16BrFO4. The average molecular weight is 395 g/mol. The molecule has 0 aliphatic rings. The zero-order valence-corrected chi connectivity index (χ0v) is 15.0. The Morgan fingerprint density at radius 3 is 2.17 bits per heavy atom. The number of benzene rings is 2. The fourth-order valence-corrected chi connectivity index (χ4v) is 2.45. The van der Waals surface area contributed by atoms with Crippen LogP contribution in [0.2, 0.25) is 0 Å². The van der Waals surface area contributed by atoms with E-state index in [1.54, 1.807) is 24.3 Å². The summed E-state index contributed by atoms with van der Waals surface area (Å²) in [6, 6.07) is 7.71. The van der Waals surface area contributed by atoms with Crippen molar-refractivity contribution in [2.75, 3.05) is 21.3 Å². The summed E-state index contributed by atoms with van der Waals surface area (Å²) < 4.78 is 30.1. The third-order valence-corrected chi connectivity index (χ3v) is 3.82. The van der Waals surface area contributed by atoms with Crippen LogP contribution in [-0.2, 0) is 0 Å². The maximum Gasteiger partial charge on any atom is 0.203 e. The van der Waals surface area contributed by atoms with Crippen LogP contribution in [0, 0.1) is 5.82 Å². The molecule has 0 saturated heterocycles. The number of ketones is 1. The number of halogens is 2. The van der Waals surface area contributed by atoms with Crippen molar-refractivity contribution in [3.05, 3.63) is 57.8 Å². The van der Waals surface area contributed by atoms with Gasteiger partial charge < -0.3 is 14.2 Å². The van der Waals surface area contributed by atoms with Gasteiger partial charge in [-0.3, -0.25) is 4.79 Å². The molecule has 6 heteroatoms. The van der Waals surface area contributed by atoms with Gasteiger partial charge in [-0.2, -0.15) is 0 Å². The van der Waals surface area contributed by atoms with E-state index in [1.807, 2.05) is 0 Å². The molecule has 126 valence electrons. The zero-order valence-electron chi connectivity index (χ0n) is 13.4. The van der Waals surface area contributed by atoms with Crippen LogP contribution in [0.5, 0.6) is 17.2 Å². The van der Waals surface area contributed by atoms with Crippen LogP contribution >= 0.6 is 15.9 Å². The summed E-state index contributed by atoms with van der Waals surface area (Å²) in [5.41, 5.74) is 0.664. The molecule has 24 heavy (non-hydrogen) atoms. The molecule has 2 rings (SSSR count). The highest BCUT2D eigenvalue weighted by molar-refractivity contribution is 9.10. The van der Waals surface area contributed by atoms with E-state index < -0.39 is 5.82 Å². The largest absolute Gasteiger partial charge is 0.493 e. The highest BCUT2D eigenvalue weighted by atomic mass is 79.9. The molecule has 0 bridgehead atoms. The average Bonchev–Trinajstić information content (AvgIpc) is 2.59. The minimum atomic E-state index is -0.418. The third-order valence-electron chi connectivity index (χ3n) is 3.33. The van der Waals surface area contributed by atoms with Crippen LogP contribution < -0.4 is 14.2 Å². The smallest absolute Gasteiger partial charge is 0.203 e. The molecule has 0 aliphatic heterocycles. The number of allylic oxidation sites excluding steroid dienone is 1. The summed E-state index contributed by atoms with van der Waals surface area (Å²) in [6.45, 7) is 0. The van der Waals surface area contributed by atoms with Crippen molar-refractivity contribution in [2.45, 2.75) is 0 Å². The fourth-order valence-electron chi connectivity index (χ4n) is 2.12. The summed E-state index contributed by atoms with van der Waals surface area (Å²) in [5, 5.41) is 0. The Balaban J connectivity index is 2.34. The van der Waals surface area contributed by atoms with E-state index >= 15 is 0 Å². The van der Waals surface area contributed by atoms with Crippen LogP contribution in [0.4, 0.5) is 4.39 Å². The molecule has 0 aromatic heterocycles. The van der Waals surface area contributed by atoms with Crippen molar-refractivity contribution in [3.8, 4) is 17.2 Å². The lowest BCUT2D eigenvalue weighted by Crippen LogP contribution is -2.00. The Labute approximate surface area is 148 Å². The molecule has 0 unspecified atom stereocenters. The molecule has 0 atom stereocenters. The zero-order chi connectivity index (χ0) is 17.7. The van der Waals surface area contributed by atoms with Crippen LogP contribution in [0.25, 0.3) is 6.08 Å². The molecule has 4 nitrogen and oxygen atoms in total. The first-order valence-electron chi connectivity index (χ1n) is 6.97. The van der Waals surface area contributed by atoms with Gasteiger partial charge in [0.2, 0.25) is 5.75 Å². The van der Waals surface area contributed by atoms with E-state index in [0.717, 1.165) is 0 Å². The number of hydrogen-bond acceptors (Lipinski definition) is 4. The van der Waals surface area contributed by atoms with Crippen molar-refractivity contribution in [1.29, 1.82) is 0 Å². The Bertz CT molecular complexity index is 762. The predicted octanol–water partition coefficient (Wildman–Crippen LogP) is 4.51. The van der Waals surface area contributed by atoms with Crippen molar-refractivity contribution in [1.82, 2.24) is 0 Å². The molecule has 0 aliphatic carbocycles. The second-order valence-electron chi connectivity index (χ2n) is 4.78. The highest BCUT2D eigenvalue weighted by Crippen LogP contribution is 2.38. The monoisotopic (exact) mass is 394 g/mol. The van der Waals surface area contributed by atoms with Gasteiger partial charge in [-0.25, -0.2) is 4.39 Å². The normalized spacial score (nSPS) is 10.7. The van der Waals surface area contributed by atoms with Gasteiger partial charge in [-0.1, -0.05) is 22.0 Å². The molecule has 0 amide bonds. The predicted molar refractivity (Wildman–Crippen MR) is 93.6 cm³/mol. The first-order chi connectivity index (χ1) is 11.5. The van der Waals surface area contributed by atoms with E-state index in [4.69, 9.17) is 14.2 Å². The van der Waals surface area contributed by atoms with Crippen LogP contribution in [0.3, 0.4) is 0 Å². The van der Waals surface area contributed by atoms with Gasteiger partial charge in [0.1, 0.15) is 5.82 Å². The summed E-state index contributed by atoms with van der Waals surface area (Å²) in [7, 11) is 4.43. The molecule has 0 heterocycles. The Morgan fingerprint density at radius 2 is 1.67 bits per heavy atom. The highest BCUT2D eigenvalue weighted by Gasteiger charge is 2.15. The summed E-state index contributed by atoms with van der Waals surface area (Å²) in [5.74, 6) is 0.432. The summed E-state index contributed by atoms with van der Waals surface area (Å²) in [6.07, 6.45) is 2.72. The SMILES string of the molecule is COc1cc(C(=O)C=Cc2ccc(Br)cc2F)cc(OC)c1OC. The molecule has 2 aromatic rings. The Hall–Kier alpha value is -2.34. The van der Waals surface area contributed by atoms with E-state index in [9.17, 15) is 9.18 Å². The molecule has 0 radical (unpaired) electrons. The van der Waals surface area contributed by atoms with Gasteiger partial charge in [-0.05, 0) is 36.4 Å². The molecule has 2 aromatic carbocycles. The van der Waals surface area contributed by atoms with Gasteiger partial charge in [0, 0.05) is 15.6 Å². The number of carbonyl (C=O) groups excluding carboxylic acids is 1. The lowest BCUT2D eigenvalue weighted by Gasteiger charge is -2.13. The standard InChI is InChI=1S/C18H16BrFO4/c1-22-16-8-12(9-17(23-2)18(16)24-3)15(21)7-5-11-4-6-13(19)10-14(11)20/h4-10H,1-3H3. The van der Waals surface area contributed by atoms with Crippen LogP contribution in [0.1, 0.15) is 15.9 Å². The van der Waals surface area contributed by atoms with Gasteiger partial charge in [0.05, 0.1) is 21.3 Å². The number of carbonyl (C=O) groups is 1. The van der Waals surface area contributed by atoms with Crippen LogP contribution in [-0.4, -0.2) is 27.1 Å². The van der Waals surface area contributed by atoms with Crippen molar-refractivity contribution in [2.24, 2.45) is 0 Å². The van der Waals surface area contributed by atoms with Crippen molar-refractivity contribution < 1.29 is 23.4 Å². The second kappa shape index (κ2) is 7.97. The fraction of sp³-hybridized carbons (Fsp3) is 0.167. The quantitative estimate of drug-likeness (QED) is 0.533. The molecule has 0 spiro atoms. The van der Waals surface area contributed by atoms with E-state index in [1.165, 1.54) is 39.5 Å². The van der Waals surface area contributed by atoms with Gasteiger partial charge in [0.15, 0.2) is 17.3 Å². The first kappa shape index (κ1) is 18.0. The van der Waals surface area contributed by atoms with Crippen LogP contribution in [0.15, 0.2) is 40.9 Å². The van der Waals surface area contributed by atoms with Gasteiger partial charge in [-0.15, -0.1) is 0 Å². The third kappa shape index (κ3) is 3.94. The van der Waals surface area contributed by atoms with Gasteiger partial charge >= 0.3 is 0 Å².